The molecule has 3 nitrogen and oxygen atoms in total. The zero-order valence-electron chi connectivity index (χ0n) is 12.5. The number of benzene rings is 1. The molecule has 1 aromatic heterocycles. The quantitative estimate of drug-likeness (QED) is 0.844. The third-order valence-corrected chi connectivity index (χ3v) is 4.16. The van der Waals surface area contributed by atoms with Gasteiger partial charge in [0.05, 0.1) is 11.3 Å². The molecule has 0 unspecified atom stereocenters. The molecule has 0 bridgehead atoms. The van der Waals surface area contributed by atoms with Gasteiger partial charge >= 0.3 is 6.18 Å². The summed E-state index contributed by atoms with van der Waals surface area (Å²) in [5, 5.41) is 0. The molecule has 0 radical (unpaired) electrons. The molecule has 1 N–H and O–H groups in total. The Hall–Kier alpha value is -2.24. The van der Waals surface area contributed by atoms with Crippen LogP contribution < -0.4 is 4.90 Å². The number of rotatable bonds is 3. The van der Waals surface area contributed by atoms with Gasteiger partial charge in [0, 0.05) is 18.8 Å². The number of aromatic nitrogens is 1. The maximum Gasteiger partial charge on any atom is 0.416 e. The van der Waals surface area contributed by atoms with Gasteiger partial charge in [-0.2, -0.15) is 13.2 Å². The summed E-state index contributed by atoms with van der Waals surface area (Å²) in [5.41, 5.74) is 1.90. The van der Waals surface area contributed by atoms with Crippen molar-refractivity contribution in [2.75, 3.05) is 18.0 Å². The highest BCUT2D eigenvalue weighted by molar-refractivity contribution is 5.86. The molecule has 6 heteroatoms. The summed E-state index contributed by atoms with van der Waals surface area (Å²) in [4.78, 5) is 16.5. The van der Waals surface area contributed by atoms with Crippen LogP contribution in [-0.4, -0.2) is 24.4 Å². The minimum absolute atomic E-state index is 0.474. The van der Waals surface area contributed by atoms with E-state index in [4.69, 9.17) is 0 Å². The van der Waals surface area contributed by atoms with E-state index in [9.17, 15) is 18.0 Å². The number of H-pyrrole nitrogens is 1. The van der Waals surface area contributed by atoms with Gasteiger partial charge in [0.2, 0.25) is 0 Å². The maximum absolute atomic E-state index is 12.6. The van der Waals surface area contributed by atoms with E-state index in [-0.39, 0.29) is 0 Å². The second-order valence-corrected chi connectivity index (χ2v) is 5.72. The van der Waals surface area contributed by atoms with Crippen LogP contribution in [0.2, 0.25) is 0 Å². The van der Waals surface area contributed by atoms with E-state index >= 15 is 0 Å². The lowest BCUT2D eigenvalue weighted by Gasteiger charge is -2.28. The Bertz CT molecular complexity index is 683. The topological polar surface area (TPSA) is 36.1 Å². The fourth-order valence-electron chi connectivity index (χ4n) is 2.94. The van der Waals surface area contributed by atoms with Crippen LogP contribution in [0.25, 0.3) is 11.3 Å². The van der Waals surface area contributed by atoms with Gasteiger partial charge in [-0.25, -0.2) is 0 Å². The average molecular weight is 322 g/mol. The Morgan fingerprint density at radius 1 is 1.04 bits per heavy atom. The van der Waals surface area contributed by atoms with E-state index in [1.807, 2.05) is 6.07 Å². The van der Waals surface area contributed by atoms with Crippen molar-refractivity contribution in [1.82, 2.24) is 4.98 Å². The fourth-order valence-corrected chi connectivity index (χ4v) is 2.94. The van der Waals surface area contributed by atoms with E-state index in [2.05, 4.69) is 9.88 Å². The standard InChI is InChI=1S/C17H17F3N2O/c18-17(19,20)13-6-4-12(5-7-13)14-10-16(15(11-23)21-14)22-8-2-1-3-9-22/h4-7,10-11,21H,1-3,8-9H2. The minimum atomic E-state index is -4.35. The van der Waals surface area contributed by atoms with Crippen molar-refractivity contribution < 1.29 is 18.0 Å². The number of piperidine rings is 1. The normalized spacial score (nSPS) is 15.7. The van der Waals surface area contributed by atoms with Gasteiger partial charge in [-0.05, 0) is 43.0 Å². The monoisotopic (exact) mass is 322 g/mol. The first-order valence-corrected chi connectivity index (χ1v) is 7.60. The van der Waals surface area contributed by atoms with Crippen LogP contribution in [0.4, 0.5) is 18.9 Å². The molecule has 1 fully saturated rings. The first-order valence-electron chi connectivity index (χ1n) is 7.60. The second kappa shape index (κ2) is 6.10. The van der Waals surface area contributed by atoms with E-state index in [1.54, 1.807) is 0 Å². The zero-order chi connectivity index (χ0) is 16.4. The van der Waals surface area contributed by atoms with Crippen LogP contribution in [-0.2, 0) is 6.18 Å². The van der Waals surface area contributed by atoms with E-state index in [0.717, 1.165) is 50.0 Å². The van der Waals surface area contributed by atoms with Gasteiger partial charge in [0.1, 0.15) is 5.69 Å². The number of hydrogen-bond acceptors (Lipinski definition) is 2. The first-order chi connectivity index (χ1) is 11.0. The van der Waals surface area contributed by atoms with Crippen LogP contribution in [0.15, 0.2) is 30.3 Å². The lowest BCUT2D eigenvalue weighted by atomic mass is 10.1. The largest absolute Gasteiger partial charge is 0.416 e. The van der Waals surface area contributed by atoms with Gasteiger partial charge in [0.15, 0.2) is 6.29 Å². The summed E-state index contributed by atoms with van der Waals surface area (Å²) >= 11 is 0. The van der Waals surface area contributed by atoms with Crippen molar-refractivity contribution in [3.8, 4) is 11.3 Å². The summed E-state index contributed by atoms with van der Waals surface area (Å²) in [6, 6.07) is 6.79. The van der Waals surface area contributed by atoms with Crippen molar-refractivity contribution in [1.29, 1.82) is 0 Å². The molecule has 122 valence electrons. The number of carbonyl (C=O) groups excluding carboxylic acids is 1. The molecule has 0 aliphatic carbocycles. The molecule has 0 amide bonds. The zero-order valence-corrected chi connectivity index (χ0v) is 12.5. The van der Waals surface area contributed by atoms with Crippen LogP contribution in [0, 0.1) is 0 Å². The van der Waals surface area contributed by atoms with Crippen LogP contribution in [0.5, 0.6) is 0 Å². The smallest absolute Gasteiger partial charge is 0.370 e. The summed E-state index contributed by atoms with van der Waals surface area (Å²) in [7, 11) is 0. The predicted octanol–water partition coefficient (Wildman–Crippen LogP) is 4.50. The summed E-state index contributed by atoms with van der Waals surface area (Å²) in [5.74, 6) is 0. The Kier molecular flexibility index (Phi) is 4.15. The molecule has 3 rings (SSSR count). The highest BCUT2D eigenvalue weighted by atomic mass is 19.4. The van der Waals surface area contributed by atoms with Crippen molar-refractivity contribution in [2.24, 2.45) is 0 Å². The highest BCUT2D eigenvalue weighted by Crippen LogP contribution is 2.33. The number of halogens is 3. The van der Waals surface area contributed by atoms with Gasteiger partial charge in [-0.15, -0.1) is 0 Å². The molecule has 1 aliphatic rings. The number of aromatic amines is 1. The lowest BCUT2D eigenvalue weighted by Crippen LogP contribution is -2.29. The van der Waals surface area contributed by atoms with Gasteiger partial charge in [-0.1, -0.05) is 12.1 Å². The average Bonchev–Trinajstić information content (AvgIpc) is 2.99. The van der Waals surface area contributed by atoms with Crippen molar-refractivity contribution in [3.05, 3.63) is 41.6 Å². The highest BCUT2D eigenvalue weighted by Gasteiger charge is 2.30. The molecule has 1 aliphatic heterocycles. The van der Waals surface area contributed by atoms with Gasteiger partial charge in [-0.3, -0.25) is 4.79 Å². The fraction of sp³-hybridized carbons (Fsp3) is 0.353. The van der Waals surface area contributed by atoms with E-state index in [0.29, 0.717) is 17.0 Å². The molecule has 1 aromatic carbocycles. The Labute approximate surface area is 132 Å². The number of nitrogens with zero attached hydrogens (tertiary/aromatic N) is 1. The van der Waals surface area contributed by atoms with E-state index in [1.165, 1.54) is 18.6 Å². The number of hydrogen-bond donors (Lipinski definition) is 1. The number of carbonyl (C=O) groups is 1. The van der Waals surface area contributed by atoms with Crippen molar-refractivity contribution in [2.45, 2.75) is 25.4 Å². The number of alkyl halides is 3. The summed E-state index contributed by atoms with van der Waals surface area (Å²) in [6.07, 6.45) is -0.236. The Morgan fingerprint density at radius 3 is 2.26 bits per heavy atom. The molecule has 2 heterocycles. The molecule has 1 saturated heterocycles. The molecular weight excluding hydrogens is 305 g/mol. The van der Waals surface area contributed by atoms with Gasteiger partial charge < -0.3 is 9.88 Å². The van der Waals surface area contributed by atoms with Gasteiger partial charge in [0.25, 0.3) is 0 Å². The lowest BCUT2D eigenvalue weighted by molar-refractivity contribution is -0.137. The molecule has 0 atom stereocenters. The molecular formula is C17H17F3N2O. The van der Waals surface area contributed by atoms with Crippen LogP contribution in [0.3, 0.4) is 0 Å². The van der Waals surface area contributed by atoms with Crippen LogP contribution >= 0.6 is 0 Å². The minimum Gasteiger partial charge on any atom is -0.370 e. The van der Waals surface area contributed by atoms with Crippen LogP contribution in [0.1, 0.15) is 35.3 Å². The summed E-state index contributed by atoms with van der Waals surface area (Å²) in [6.45, 7) is 1.79. The van der Waals surface area contributed by atoms with Crippen molar-refractivity contribution in [3.63, 3.8) is 0 Å². The van der Waals surface area contributed by atoms with E-state index < -0.39 is 11.7 Å². The number of nitrogens with one attached hydrogen (secondary N) is 1. The Balaban J connectivity index is 1.91. The molecule has 0 saturated carbocycles. The summed E-state index contributed by atoms with van der Waals surface area (Å²) < 4.78 is 37.9. The van der Waals surface area contributed by atoms with Crippen molar-refractivity contribution >= 4 is 12.0 Å². The Morgan fingerprint density at radius 2 is 1.70 bits per heavy atom. The SMILES string of the molecule is O=Cc1[nH]c(-c2ccc(C(F)(F)F)cc2)cc1N1CCCCC1. The third kappa shape index (κ3) is 3.25. The third-order valence-electron chi connectivity index (χ3n) is 4.16. The molecule has 23 heavy (non-hydrogen) atoms. The number of aldehydes is 1. The predicted molar refractivity (Wildman–Crippen MR) is 82.7 cm³/mol. The first kappa shape index (κ1) is 15.6. The number of anilines is 1. The molecule has 2 aromatic rings. The molecule has 0 spiro atoms. The second-order valence-electron chi connectivity index (χ2n) is 5.72. The maximum atomic E-state index is 12.6.